The first-order valence-electron chi connectivity index (χ1n) is 8.18. The van der Waals surface area contributed by atoms with Crippen LogP contribution in [-0.4, -0.2) is 4.57 Å². The van der Waals surface area contributed by atoms with Crippen LogP contribution in [-0.2, 0) is 7.05 Å². The molecule has 0 bridgehead atoms. The molecule has 1 aliphatic carbocycles. The van der Waals surface area contributed by atoms with Gasteiger partial charge in [-0.05, 0) is 34.9 Å². The Labute approximate surface area is 146 Å². The van der Waals surface area contributed by atoms with Crippen LogP contribution in [0.15, 0.2) is 72.8 Å². The Hall–Kier alpha value is -2.51. The molecule has 0 fully saturated rings. The van der Waals surface area contributed by atoms with Gasteiger partial charge in [0, 0.05) is 34.5 Å². The second-order valence-corrected chi connectivity index (χ2v) is 6.85. The number of aromatic nitrogens is 1. The van der Waals surface area contributed by atoms with Gasteiger partial charge >= 0.3 is 0 Å². The topological polar surface area (TPSA) is 4.93 Å². The Kier molecular flexibility index (Phi) is 2.89. The minimum atomic E-state index is 0.263. The highest BCUT2D eigenvalue weighted by Gasteiger charge is 2.34. The zero-order chi connectivity index (χ0) is 16.3. The fraction of sp³-hybridized carbons (Fsp3) is 0.0909. The molecule has 3 aromatic carbocycles. The van der Waals surface area contributed by atoms with Crippen molar-refractivity contribution in [2.24, 2.45) is 7.05 Å². The first-order valence-corrected chi connectivity index (χ1v) is 8.55. The summed E-state index contributed by atoms with van der Waals surface area (Å²) >= 11 is 6.11. The van der Waals surface area contributed by atoms with E-state index in [0.717, 1.165) is 5.02 Å². The molecule has 0 saturated carbocycles. The standard InChI is InChI=1S/C22H16ClN/c1-24-19-9-5-4-8-18(19)21-20(14-10-12-15(23)13-11-14)16-6-2-3-7-17(16)22(21)24/h2-13,20H,1H3. The van der Waals surface area contributed by atoms with Gasteiger partial charge in [-0.25, -0.2) is 0 Å². The van der Waals surface area contributed by atoms with Crippen LogP contribution in [0.4, 0.5) is 0 Å². The zero-order valence-corrected chi connectivity index (χ0v) is 14.1. The van der Waals surface area contributed by atoms with E-state index in [0.29, 0.717) is 0 Å². The Morgan fingerprint density at radius 1 is 0.833 bits per heavy atom. The van der Waals surface area contributed by atoms with Crippen LogP contribution in [0.5, 0.6) is 0 Å². The number of fused-ring (bicyclic) bond motifs is 5. The fourth-order valence-corrected chi connectivity index (χ4v) is 4.29. The fourth-order valence-electron chi connectivity index (χ4n) is 4.16. The molecule has 116 valence electrons. The molecule has 0 saturated heterocycles. The molecular weight excluding hydrogens is 314 g/mol. The molecule has 1 aromatic heterocycles. The van der Waals surface area contributed by atoms with E-state index in [-0.39, 0.29) is 5.92 Å². The maximum Gasteiger partial charge on any atom is 0.0534 e. The monoisotopic (exact) mass is 329 g/mol. The van der Waals surface area contributed by atoms with Gasteiger partial charge in [0.25, 0.3) is 0 Å². The van der Waals surface area contributed by atoms with Crippen LogP contribution in [0.2, 0.25) is 5.02 Å². The molecule has 0 radical (unpaired) electrons. The van der Waals surface area contributed by atoms with Crippen molar-refractivity contribution in [2.45, 2.75) is 5.92 Å². The summed E-state index contributed by atoms with van der Waals surface area (Å²) in [5.74, 6) is 0.263. The summed E-state index contributed by atoms with van der Waals surface area (Å²) in [6.07, 6.45) is 0. The van der Waals surface area contributed by atoms with Gasteiger partial charge in [0.2, 0.25) is 0 Å². The Morgan fingerprint density at radius 2 is 1.54 bits per heavy atom. The second-order valence-electron chi connectivity index (χ2n) is 6.41. The number of hydrogen-bond acceptors (Lipinski definition) is 0. The smallest absolute Gasteiger partial charge is 0.0534 e. The highest BCUT2D eigenvalue weighted by molar-refractivity contribution is 6.30. The Bertz CT molecular complexity index is 1070. The molecule has 24 heavy (non-hydrogen) atoms. The Morgan fingerprint density at radius 3 is 2.38 bits per heavy atom. The van der Waals surface area contributed by atoms with Crippen molar-refractivity contribution in [3.63, 3.8) is 0 Å². The van der Waals surface area contributed by atoms with E-state index in [1.54, 1.807) is 0 Å². The van der Waals surface area contributed by atoms with E-state index in [4.69, 9.17) is 11.6 Å². The Balaban J connectivity index is 1.90. The number of aryl methyl sites for hydroxylation is 1. The third-order valence-electron chi connectivity index (χ3n) is 5.17. The van der Waals surface area contributed by atoms with E-state index in [9.17, 15) is 0 Å². The molecule has 0 N–H and O–H groups in total. The molecule has 2 heteroatoms. The van der Waals surface area contributed by atoms with Crippen LogP contribution in [0.25, 0.3) is 22.2 Å². The molecule has 1 aliphatic rings. The third-order valence-corrected chi connectivity index (χ3v) is 5.42. The molecule has 1 nitrogen and oxygen atoms in total. The maximum atomic E-state index is 6.11. The molecule has 5 rings (SSSR count). The van der Waals surface area contributed by atoms with Crippen LogP contribution in [0, 0.1) is 0 Å². The van der Waals surface area contributed by atoms with Crippen molar-refractivity contribution < 1.29 is 0 Å². The first-order chi connectivity index (χ1) is 11.8. The van der Waals surface area contributed by atoms with Crippen molar-refractivity contribution in [1.82, 2.24) is 4.57 Å². The van der Waals surface area contributed by atoms with E-state index >= 15 is 0 Å². The van der Waals surface area contributed by atoms with Crippen LogP contribution in [0.1, 0.15) is 22.6 Å². The predicted molar refractivity (Wildman–Crippen MR) is 101 cm³/mol. The van der Waals surface area contributed by atoms with E-state index in [1.807, 2.05) is 12.1 Å². The van der Waals surface area contributed by atoms with Crippen molar-refractivity contribution in [3.05, 3.63) is 94.5 Å². The number of benzene rings is 3. The van der Waals surface area contributed by atoms with Gasteiger partial charge < -0.3 is 4.57 Å². The molecule has 1 heterocycles. The van der Waals surface area contributed by atoms with Crippen molar-refractivity contribution >= 4 is 22.5 Å². The number of para-hydroxylation sites is 1. The van der Waals surface area contributed by atoms with Gasteiger partial charge in [0.05, 0.1) is 5.69 Å². The first kappa shape index (κ1) is 13.9. The average Bonchev–Trinajstić information content (AvgIpc) is 3.10. The summed E-state index contributed by atoms with van der Waals surface area (Å²) in [6.45, 7) is 0. The lowest BCUT2D eigenvalue weighted by Crippen LogP contribution is -1.98. The quantitative estimate of drug-likeness (QED) is 0.356. The van der Waals surface area contributed by atoms with Gasteiger partial charge in [-0.3, -0.25) is 0 Å². The van der Waals surface area contributed by atoms with Gasteiger partial charge in [-0.2, -0.15) is 0 Å². The van der Waals surface area contributed by atoms with Crippen LogP contribution < -0.4 is 0 Å². The maximum absolute atomic E-state index is 6.11. The molecule has 0 aliphatic heterocycles. The lowest BCUT2D eigenvalue weighted by molar-refractivity contribution is 0.971. The highest BCUT2D eigenvalue weighted by atomic mass is 35.5. The minimum absolute atomic E-state index is 0.263. The molecule has 0 spiro atoms. The molecule has 0 amide bonds. The van der Waals surface area contributed by atoms with E-state index in [1.165, 1.54) is 38.9 Å². The largest absolute Gasteiger partial charge is 0.343 e. The summed E-state index contributed by atoms with van der Waals surface area (Å²) < 4.78 is 2.33. The predicted octanol–water partition coefficient (Wildman–Crippen LogP) is 5.99. The number of hydrogen-bond donors (Lipinski definition) is 0. The molecule has 1 unspecified atom stereocenters. The summed E-state index contributed by atoms with van der Waals surface area (Å²) in [4.78, 5) is 0. The van der Waals surface area contributed by atoms with Gasteiger partial charge in [-0.1, -0.05) is 66.2 Å². The molecular formula is C22H16ClN. The summed E-state index contributed by atoms with van der Waals surface area (Å²) in [7, 11) is 2.17. The van der Waals surface area contributed by atoms with E-state index < -0.39 is 0 Å². The SMILES string of the molecule is Cn1c2c(c3ccccc31)C(c1ccc(Cl)cc1)c1ccccc1-2. The number of nitrogens with zero attached hydrogens (tertiary/aromatic N) is 1. The zero-order valence-electron chi connectivity index (χ0n) is 13.3. The summed E-state index contributed by atoms with van der Waals surface area (Å²) in [6, 6.07) is 25.7. The lowest BCUT2D eigenvalue weighted by atomic mass is 9.88. The van der Waals surface area contributed by atoms with Gasteiger partial charge in [0.15, 0.2) is 0 Å². The second kappa shape index (κ2) is 4.99. The van der Waals surface area contributed by atoms with Crippen LogP contribution >= 0.6 is 11.6 Å². The summed E-state index contributed by atoms with van der Waals surface area (Å²) in [5, 5.41) is 2.12. The van der Waals surface area contributed by atoms with E-state index in [2.05, 4.69) is 72.3 Å². The van der Waals surface area contributed by atoms with Gasteiger partial charge in [-0.15, -0.1) is 0 Å². The van der Waals surface area contributed by atoms with Crippen molar-refractivity contribution in [1.29, 1.82) is 0 Å². The molecule has 4 aromatic rings. The summed E-state index contributed by atoms with van der Waals surface area (Å²) in [5.41, 5.74) is 8.05. The highest BCUT2D eigenvalue weighted by Crippen LogP contribution is 2.51. The van der Waals surface area contributed by atoms with Crippen LogP contribution in [0.3, 0.4) is 0 Å². The normalized spacial score (nSPS) is 15.5. The lowest BCUT2D eigenvalue weighted by Gasteiger charge is -2.14. The minimum Gasteiger partial charge on any atom is -0.343 e. The molecule has 1 atom stereocenters. The number of halogens is 1. The third kappa shape index (κ3) is 1.76. The van der Waals surface area contributed by atoms with Crippen molar-refractivity contribution in [3.8, 4) is 11.3 Å². The number of rotatable bonds is 1. The average molecular weight is 330 g/mol. The van der Waals surface area contributed by atoms with Crippen molar-refractivity contribution in [2.75, 3.05) is 0 Å². The van der Waals surface area contributed by atoms with Gasteiger partial charge in [0.1, 0.15) is 0 Å².